The molecule has 8 heteroatoms. The minimum Gasteiger partial charge on any atom is -0.492 e. The molecule has 150 valence electrons. The van der Waals surface area contributed by atoms with Gasteiger partial charge in [-0.2, -0.15) is 4.99 Å². The Kier molecular flexibility index (Phi) is 4.72. The normalized spacial score (nSPS) is 13.3. The van der Waals surface area contributed by atoms with E-state index < -0.39 is 0 Å². The minimum atomic E-state index is -0.365. The molecule has 8 nitrogen and oxygen atoms in total. The van der Waals surface area contributed by atoms with Crippen molar-refractivity contribution in [2.45, 2.75) is 13.1 Å². The fourth-order valence-electron chi connectivity index (χ4n) is 3.51. The second kappa shape index (κ2) is 7.82. The number of pyridine rings is 1. The molecule has 1 amide bonds. The van der Waals surface area contributed by atoms with Gasteiger partial charge in [0.25, 0.3) is 5.91 Å². The minimum absolute atomic E-state index is 0.365. The zero-order chi connectivity index (χ0) is 20.3. The van der Waals surface area contributed by atoms with E-state index in [1.165, 1.54) is 6.20 Å². The maximum absolute atomic E-state index is 12.6. The van der Waals surface area contributed by atoms with Gasteiger partial charge in [0, 0.05) is 49.3 Å². The summed E-state index contributed by atoms with van der Waals surface area (Å²) in [6.07, 6.45) is 7.14. The van der Waals surface area contributed by atoms with Gasteiger partial charge in [-0.1, -0.05) is 0 Å². The Balaban J connectivity index is 1.48. The van der Waals surface area contributed by atoms with Gasteiger partial charge >= 0.3 is 0 Å². The molecule has 0 saturated carbocycles. The molecule has 0 atom stereocenters. The molecule has 1 aromatic carbocycles. The molecule has 1 aliphatic rings. The summed E-state index contributed by atoms with van der Waals surface area (Å²) in [4.78, 5) is 25.5. The second-order valence-electron chi connectivity index (χ2n) is 6.95. The predicted octanol–water partition coefficient (Wildman–Crippen LogP) is 2.48. The van der Waals surface area contributed by atoms with E-state index in [2.05, 4.69) is 24.8 Å². The Morgan fingerprint density at radius 2 is 2.10 bits per heavy atom. The smallest absolute Gasteiger partial charge is 0.281 e. The molecule has 0 radical (unpaired) electrons. The van der Waals surface area contributed by atoms with Gasteiger partial charge in [0.15, 0.2) is 0 Å². The molecule has 0 spiro atoms. The van der Waals surface area contributed by atoms with Crippen molar-refractivity contribution in [2.24, 2.45) is 4.99 Å². The molecule has 1 aliphatic heterocycles. The molecule has 4 aromatic rings. The van der Waals surface area contributed by atoms with Crippen LogP contribution in [0, 0.1) is 0 Å². The van der Waals surface area contributed by atoms with Crippen LogP contribution >= 0.6 is 0 Å². The number of rotatable bonds is 5. The molecule has 30 heavy (non-hydrogen) atoms. The largest absolute Gasteiger partial charge is 0.492 e. The van der Waals surface area contributed by atoms with Crippen molar-refractivity contribution in [3.8, 4) is 5.75 Å². The van der Waals surface area contributed by atoms with Gasteiger partial charge in [-0.05, 0) is 36.4 Å². The number of carbonyl (C=O) groups excluding carboxylic acids is 1. The highest BCUT2D eigenvalue weighted by atomic mass is 16.5. The van der Waals surface area contributed by atoms with Crippen molar-refractivity contribution < 1.29 is 9.53 Å². The molecule has 3 aromatic heterocycles. The van der Waals surface area contributed by atoms with Crippen LogP contribution in [0.1, 0.15) is 10.4 Å². The van der Waals surface area contributed by atoms with Crippen LogP contribution in [0.2, 0.25) is 0 Å². The highest BCUT2D eigenvalue weighted by Crippen LogP contribution is 2.26. The van der Waals surface area contributed by atoms with E-state index in [0.717, 1.165) is 35.6 Å². The summed E-state index contributed by atoms with van der Waals surface area (Å²) in [5.41, 5.74) is 1.54. The number of amides is 1. The third kappa shape index (κ3) is 3.55. The van der Waals surface area contributed by atoms with Crippen molar-refractivity contribution in [3.05, 3.63) is 78.4 Å². The summed E-state index contributed by atoms with van der Waals surface area (Å²) < 4.78 is 9.90. The van der Waals surface area contributed by atoms with E-state index in [9.17, 15) is 4.79 Å². The lowest BCUT2D eigenvalue weighted by Gasteiger charge is -2.11. The molecule has 0 bridgehead atoms. The zero-order valence-corrected chi connectivity index (χ0v) is 16.2. The van der Waals surface area contributed by atoms with Crippen LogP contribution in [0.3, 0.4) is 0 Å². The Labute approximate surface area is 172 Å². The van der Waals surface area contributed by atoms with E-state index in [4.69, 9.17) is 4.74 Å². The van der Waals surface area contributed by atoms with Crippen molar-refractivity contribution >= 4 is 22.6 Å². The first-order valence-electron chi connectivity index (χ1n) is 9.79. The third-order valence-corrected chi connectivity index (χ3v) is 4.98. The summed E-state index contributed by atoms with van der Waals surface area (Å²) in [5, 5.41) is 4.34. The average Bonchev–Trinajstić information content (AvgIpc) is 3.47. The third-order valence-electron chi connectivity index (χ3n) is 4.98. The number of nitrogens with zero attached hydrogens (tertiary/aromatic N) is 5. The number of carbonyl (C=O) groups is 1. The monoisotopic (exact) mass is 400 g/mol. The first-order valence-corrected chi connectivity index (χ1v) is 9.79. The lowest BCUT2D eigenvalue weighted by molar-refractivity contribution is 0.0996. The molecule has 5 rings (SSSR count). The predicted molar refractivity (Wildman–Crippen MR) is 112 cm³/mol. The molecule has 0 aliphatic carbocycles. The summed E-state index contributed by atoms with van der Waals surface area (Å²) in [6.45, 7) is 2.78. The molecule has 4 heterocycles. The molecule has 0 fully saturated rings. The van der Waals surface area contributed by atoms with Crippen molar-refractivity contribution in [2.75, 3.05) is 18.5 Å². The molecular weight excluding hydrogens is 380 g/mol. The Morgan fingerprint density at radius 1 is 1.20 bits per heavy atom. The quantitative estimate of drug-likeness (QED) is 0.556. The van der Waals surface area contributed by atoms with E-state index in [1.54, 1.807) is 18.3 Å². The van der Waals surface area contributed by atoms with Crippen molar-refractivity contribution in [1.29, 1.82) is 0 Å². The number of benzene rings is 1. The maximum Gasteiger partial charge on any atom is 0.281 e. The average molecular weight is 400 g/mol. The van der Waals surface area contributed by atoms with Crippen LogP contribution in [0.5, 0.6) is 5.75 Å². The van der Waals surface area contributed by atoms with Crippen LogP contribution in [-0.2, 0) is 13.1 Å². The Morgan fingerprint density at radius 3 is 2.93 bits per heavy atom. The SMILES string of the molecule is O=C(N=c1nc2cc(OCCn3cccc3)ccc2c2n1CCN2)c1cccnc1. The Hall–Kier alpha value is -3.94. The van der Waals surface area contributed by atoms with E-state index in [0.29, 0.717) is 24.3 Å². The van der Waals surface area contributed by atoms with Crippen LogP contribution in [-0.4, -0.2) is 38.2 Å². The van der Waals surface area contributed by atoms with Crippen LogP contribution in [0.15, 0.2) is 72.2 Å². The summed E-state index contributed by atoms with van der Waals surface area (Å²) in [5.74, 6) is 1.28. The summed E-state index contributed by atoms with van der Waals surface area (Å²) >= 11 is 0. The van der Waals surface area contributed by atoms with Gasteiger partial charge < -0.3 is 14.6 Å². The number of anilines is 1. The lowest BCUT2D eigenvalue weighted by atomic mass is 10.2. The van der Waals surface area contributed by atoms with E-state index >= 15 is 0 Å². The first-order chi connectivity index (χ1) is 14.8. The van der Waals surface area contributed by atoms with Gasteiger partial charge in [0.2, 0.25) is 5.62 Å². The van der Waals surface area contributed by atoms with Crippen LogP contribution in [0.4, 0.5) is 5.82 Å². The summed E-state index contributed by atoms with van der Waals surface area (Å²) in [6, 6.07) is 13.2. The molecule has 0 saturated heterocycles. The van der Waals surface area contributed by atoms with Gasteiger partial charge in [0.05, 0.1) is 17.6 Å². The van der Waals surface area contributed by atoms with Crippen LogP contribution < -0.4 is 15.7 Å². The van der Waals surface area contributed by atoms with Gasteiger partial charge in [0.1, 0.15) is 18.2 Å². The fourth-order valence-corrected chi connectivity index (χ4v) is 3.51. The molecule has 1 N–H and O–H groups in total. The van der Waals surface area contributed by atoms with E-state index in [1.807, 2.05) is 47.3 Å². The number of hydrogen-bond donors (Lipinski definition) is 1. The van der Waals surface area contributed by atoms with E-state index in [-0.39, 0.29) is 5.91 Å². The highest BCUT2D eigenvalue weighted by molar-refractivity contribution is 5.95. The van der Waals surface area contributed by atoms with Crippen molar-refractivity contribution in [3.63, 3.8) is 0 Å². The standard InChI is InChI=1S/C22H20N6O2/c29-21(16-4-3-7-23-15-16)26-22-25-19-14-17(30-13-12-27-9-1-2-10-27)5-6-18(19)20-24-8-11-28(20)22/h1-7,9-10,14-15,24H,8,11-13H2. The topological polar surface area (TPSA) is 86.3 Å². The zero-order valence-electron chi connectivity index (χ0n) is 16.2. The highest BCUT2D eigenvalue weighted by Gasteiger charge is 2.16. The number of hydrogen-bond acceptors (Lipinski definition) is 5. The second-order valence-corrected chi connectivity index (χ2v) is 6.95. The summed E-state index contributed by atoms with van der Waals surface area (Å²) in [7, 11) is 0. The fraction of sp³-hybridized carbons (Fsp3) is 0.182. The van der Waals surface area contributed by atoms with Gasteiger partial charge in [-0.3, -0.25) is 14.3 Å². The number of ether oxygens (including phenoxy) is 1. The first kappa shape index (κ1) is 18.1. The lowest BCUT2D eigenvalue weighted by Crippen LogP contribution is -2.24. The number of nitrogens with one attached hydrogen (secondary N) is 1. The maximum atomic E-state index is 12.6. The van der Waals surface area contributed by atoms with Crippen molar-refractivity contribution in [1.82, 2.24) is 19.1 Å². The molecule has 0 unspecified atom stereocenters. The number of fused-ring (bicyclic) bond motifs is 3. The molecular formula is C22H20N6O2. The van der Waals surface area contributed by atoms with Crippen LogP contribution in [0.25, 0.3) is 10.9 Å². The van der Waals surface area contributed by atoms with Gasteiger partial charge in [-0.25, -0.2) is 4.98 Å². The number of aromatic nitrogens is 4. The van der Waals surface area contributed by atoms with Gasteiger partial charge in [-0.15, -0.1) is 0 Å². The Bertz CT molecular complexity index is 1260.